The standard InChI is InChI=1S/C12H20N4O2S2/c1-7(2)16(8(3)4)10(18)6-19-12-15-14-11(20-12)13-9(5)17/h7-8H,6H2,1-5H3,(H,13,14,17). The molecule has 1 aromatic rings. The third-order valence-corrected chi connectivity index (χ3v) is 4.37. The second-order valence-corrected chi connectivity index (χ2v) is 7.03. The molecule has 0 atom stereocenters. The summed E-state index contributed by atoms with van der Waals surface area (Å²) in [5, 5.41) is 10.8. The summed E-state index contributed by atoms with van der Waals surface area (Å²) in [5.74, 6) is 0.223. The summed E-state index contributed by atoms with van der Waals surface area (Å²) in [6.45, 7) is 9.43. The maximum Gasteiger partial charge on any atom is 0.233 e. The lowest BCUT2D eigenvalue weighted by Crippen LogP contribution is -2.43. The fourth-order valence-corrected chi connectivity index (χ4v) is 3.51. The van der Waals surface area contributed by atoms with E-state index in [9.17, 15) is 9.59 Å². The predicted molar refractivity (Wildman–Crippen MR) is 82.1 cm³/mol. The maximum atomic E-state index is 12.2. The Kier molecular flexibility index (Phi) is 6.41. The number of carbonyl (C=O) groups excluding carboxylic acids is 2. The number of hydrogen-bond acceptors (Lipinski definition) is 6. The summed E-state index contributed by atoms with van der Waals surface area (Å²) >= 11 is 2.61. The normalized spacial score (nSPS) is 10.9. The van der Waals surface area contributed by atoms with Gasteiger partial charge in [0.1, 0.15) is 0 Å². The van der Waals surface area contributed by atoms with Crippen molar-refractivity contribution < 1.29 is 9.59 Å². The second-order valence-electron chi connectivity index (χ2n) is 4.83. The maximum absolute atomic E-state index is 12.2. The highest BCUT2D eigenvalue weighted by molar-refractivity contribution is 8.01. The summed E-state index contributed by atoms with van der Waals surface area (Å²) in [4.78, 5) is 24.9. The Hall–Kier alpha value is -1.15. The molecule has 6 nitrogen and oxygen atoms in total. The first kappa shape index (κ1) is 16.9. The van der Waals surface area contributed by atoms with Gasteiger partial charge in [-0.05, 0) is 27.7 Å². The molecule has 0 aliphatic carbocycles. The molecule has 0 saturated heterocycles. The van der Waals surface area contributed by atoms with Crippen LogP contribution in [0.1, 0.15) is 34.6 Å². The summed E-state index contributed by atoms with van der Waals surface area (Å²) in [5.41, 5.74) is 0. The largest absolute Gasteiger partial charge is 0.337 e. The van der Waals surface area contributed by atoms with Gasteiger partial charge in [0.15, 0.2) is 4.34 Å². The van der Waals surface area contributed by atoms with E-state index in [2.05, 4.69) is 15.5 Å². The van der Waals surface area contributed by atoms with Gasteiger partial charge in [0.05, 0.1) is 5.75 Å². The van der Waals surface area contributed by atoms with Gasteiger partial charge in [-0.1, -0.05) is 23.1 Å². The number of nitrogens with zero attached hydrogens (tertiary/aromatic N) is 3. The minimum atomic E-state index is -0.181. The van der Waals surface area contributed by atoms with Crippen LogP contribution in [0.25, 0.3) is 0 Å². The van der Waals surface area contributed by atoms with E-state index in [4.69, 9.17) is 0 Å². The fraction of sp³-hybridized carbons (Fsp3) is 0.667. The Morgan fingerprint density at radius 3 is 2.35 bits per heavy atom. The van der Waals surface area contributed by atoms with Gasteiger partial charge >= 0.3 is 0 Å². The highest BCUT2D eigenvalue weighted by atomic mass is 32.2. The molecule has 1 heterocycles. The smallest absolute Gasteiger partial charge is 0.233 e. The average Bonchev–Trinajstić information content (AvgIpc) is 2.72. The number of carbonyl (C=O) groups is 2. The van der Waals surface area contributed by atoms with Crippen molar-refractivity contribution >= 4 is 40.0 Å². The summed E-state index contributed by atoms with van der Waals surface area (Å²) < 4.78 is 0.676. The van der Waals surface area contributed by atoms with Gasteiger partial charge in [-0.25, -0.2) is 0 Å². The van der Waals surface area contributed by atoms with Crippen LogP contribution in [0.5, 0.6) is 0 Å². The molecule has 0 saturated carbocycles. The van der Waals surface area contributed by atoms with E-state index >= 15 is 0 Å². The highest BCUT2D eigenvalue weighted by Crippen LogP contribution is 2.26. The van der Waals surface area contributed by atoms with Crippen molar-refractivity contribution in [2.24, 2.45) is 0 Å². The molecular weight excluding hydrogens is 296 g/mol. The Morgan fingerprint density at radius 1 is 1.25 bits per heavy atom. The van der Waals surface area contributed by atoms with Crippen LogP contribution in [0.15, 0.2) is 4.34 Å². The molecule has 1 N–H and O–H groups in total. The first-order chi connectivity index (χ1) is 9.31. The lowest BCUT2D eigenvalue weighted by atomic mass is 10.2. The molecule has 0 radical (unpaired) electrons. The van der Waals surface area contributed by atoms with E-state index < -0.39 is 0 Å². The van der Waals surface area contributed by atoms with E-state index in [1.54, 1.807) is 0 Å². The third-order valence-electron chi connectivity index (χ3n) is 2.41. The van der Waals surface area contributed by atoms with Crippen molar-refractivity contribution in [1.82, 2.24) is 15.1 Å². The lowest BCUT2D eigenvalue weighted by Gasteiger charge is -2.30. The number of amides is 2. The van der Waals surface area contributed by atoms with E-state index in [1.165, 1.54) is 30.0 Å². The molecule has 1 aromatic heterocycles. The minimum Gasteiger partial charge on any atom is -0.337 e. The zero-order valence-corrected chi connectivity index (χ0v) is 14.0. The van der Waals surface area contributed by atoms with Crippen molar-refractivity contribution in [3.63, 3.8) is 0 Å². The average molecular weight is 316 g/mol. The van der Waals surface area contributed by atoms with Crippen LogP contribution in [-0.4, -0.2) is 44.7 Å². The molecule has 0 unspecified atom stereocenters. The van der Waals surface area contributed by atoms with Crippen LogP contribution in [0.2, 0.25) is 0 Å². The summed E-state index contributed by atoms with van der Waals surface area (Å²) in [6, 6.07) is 0.347. The van der Waals surface area contributed by atoms with E-state index in [1.807, 2.05) is 32.6 Å². The first-order valence-electron chi connectivity index (χ1n) is 6.36. The second kappa shape index (κ2) is 7.58. The lowest BCUT2D eigenvalue weighted by molar-refractivity contribution is -0.131. The van der Waals surface area contributed by atoms with Crippen molar-refractivity contribution in [2.75, 3.05) is 11.1 Å². The molecule has 0 aliphatic heterocycles. The Morgan fingerprint density at radius 2 is 1.85 bits per heavy atom. The molecule has 1 rings (SSSR count). The molecule has 0 bridgehead atoms. The number of thioether (sulfide) groups is 1. The van der Waals surface area contributed by atoms with Gasteiger partial charge in [-0.15, -0.1) is 10.2 Å². The Balaban J connectivity index is 2.56. The SMILES string of the molecule is CC(=O)Nc1nnc(SCC(=O)N(C(C)C)C(C)C)s1. The Bertz CT molecular complexity index is 466. The molecule has 20 heavy (non-hydrogen) atoms. The van der Waals surface area contributed by atoms with Crippen LogP contribution in [-0.2, 0) is 9.59 Å². The summed E-state index contributed by atoms with van der Waals surface area (Å²) in [6.07, 6.45) is 0. The molecule has 2 amide bonds. The van der Waals surface area contributed by atoms with Gasteiger partial charge in [-0.2, -0.15) is 0 Å². The van der Waals surface area contributed by atoms with Gasteiger partial charge in [-0.3, -0.25) is 9.59 Å². The molecule has 0 fully saturated rings. The molecule has 112 valence electrons. The number of anilines is 1. The van der Waals surface area contributed by atoms with Gasteiger partial charge in [0.2, 0.25) is 16.9 Å². The molecule has 0 aliphatic rings. The Labute approximate surface area is 127 Å². The van der Waals surface area contributed by atoms with Gasteiger partial charge < -0.3 is 10.2 Å². The quantitative estimate of drug-likeness (QED) is 0.643. The fourth-order valence-electron chi connectivity index (χ4n) is 1.84. The zero-order chi connectivity index (χ0) is 15.3. The number of aromatic nitrogens is 2. The molecular formula is C12H20N4O2S2. The van der Waals surface area contributed by atoms with Crippen LogP contribution >= 0.6 is 23.1 Å². The van der Waals surface area contributed by atoms with Crippen molar-refractivity contribution in [2.45, 2.75) is 51.0 Å². The van der Waals surface area contributed by atoms with Crippen LogP contribution in [0.4, 0.5) is 5.13 Å². The monoisotopic (exact) mass is 316 g/mol. The predicted octanol–water partition coefficient (Wildman–Crippen LogP) is 2.23. The molecule has 0 aromatic carbocycles. The molecule has 0 spiro atoms. The van der Waals surface area contributed by atoms with E-state index in [0.29, 0.717) is 15.2 Å². The highest BCUT2D eigenvalue weighted by Gasteiger charge is 2.20. The van der Waals surface area contributed by atoms with E-state index in [0.717, 1.165) is 0 Å². The topological polar surface area (TPSA) is 75.2 Å². The van der Waals surface area contributed by atoms with Crippen LogP contribution < -0.4 is 5.32 Å². The zero-order valence-electron chi connectivity index (χ0n) is 12.3. The first-order valence-corrected chi connectivity index (χ1v) is 8.16. The van der Waals surface area contributed by atoms with Crippen LogP contribution in [0.3, 0.4) is 0 Å². The minimum absolute atomic E-state index is 0.0799. The number of rotatable bonds is 6. The van der Waals surface area contributed by atoms with Gasteiger partial charge in [0.25, 0.3) is 0 Å². The van der Waals surface area contributed by atoms with Crippen LogP contribution in [0, 0.1) is 0 Å². The number of hydrogen-bond donors (Lipinski definition) is 1. The molecule has 8 heteroatoms. The van der Waals surface area contributed by atoms with Crippen molar-refractivity contribution in [3.8, 4) is 0 Å². The van der Waals surface area contributed by atoms with Crippen molar-refractivity contribution in [1.29, 1.82) is 0 Å². The number of nitrogens with one attached hydrogen (secondary N) is 1. The van der Waals surface area contributed by atoms with E-state index in [-0.39, 0.29) is 23.9 Å². The summed E-state index contributed by atoms with van der Waals surface area (Å²) in [7, 11) is 0. The van der Waals surface area contributed by atoms with Crippen molar-refractivity contribution in [3.05, 3.63) is 0 Å². The van der Waals surface area contributed by atoms with Gasteiger partial charge in [0, 0.05) is 19.0 Å². The third kappa shape index (κ3) is 5.09.